The molecule has 1 saturated heterocycles. The number of hydrogen-bond acceptors (Lipinski definition) is 3. The molecule has 100 valence electrons. The van der Waals surface area contributed by atoms with Crippen molar-refractivity contribution < 1.29 is 4.74 Å². The normalized spacial score (nSPS) is 17.0. The first-order chi connectivity index (χ1) is 8.75. The quantitative estimate of drug-likeness (QED) is 0.653. The Morgan fingerprint density at radius 2 is 2.00 bits per heavy atom. The van der Waals surface area contributed by atoms with Crippen LogP contribution in [0.4, 0.5) is 0 Å². The van der Waals surface area contributed by atoms with Gasteiger partial charge < -0.3 is 10.1 Å². The first kappa shape index (κ1) is 13.9. The molecule has 1 aliphatic rings. The zero-order chi connectivity index (χ0) is 12.8. The Morgan fingerprint density at radius 3 is 2.72 bits per heavy atom. The van der Waals surface area contributed by atoms with E-state index < -0.39 is 0 Å². The van der Waals surface area contributed by atoms with Gasteiger partial charge in [-0.1, -0.05) is 6.07 Å². The first-order valence-electron chi connectivity index (χ1n) is 6.77. The lowest BCUT2D eigenvalue weighted by Gasteiger charge is -2.23. The van der Waals surface area contributed by atoms with Crippen LogP contribution in [0, 0.1) is 13.8 Å². The summed E-state index contributed by atoms with van der Waals surface area (Å²) in [6.07, 6.45) is 2.32. The number of rotatable bonds is 5. The van der Waals surface area contributed by atoms with E-state index in [1.165, 1.54) is 16.0 Å². The van der Waals surface area contributed by atoms with Crippen molar-refractivity contribution in [3.8, 4) is 0 Å². The number of hydrogen-bond donors (Lipinski definition) is 1. The van der Waals surface area contributed by atoms with Crippen LogP contribution in [0.2, 0.25) is 0 Å². The van der Waals surface area contributed by atoms with Crippen LogP contribution >= 0.6 is 11.8 Å². The molecule has 18 heavy (non-hydrogen) atoms. The molecule has 0 bridgehead atoms. The van der Waals surface area contributed by atoms with Gasteiger partial charge in [0, 0.05) is 36.4 Å². The SMILES string of the molecule is Cc1ccc(SCCNC2CCOCC2)cc1C. The fraction of sp³-hybridized carbons (Fsp3) is 0.600. The van der Waals surface area contributed by atoms with E-state index in [0.717, 1.165) is 38.4 Å². The monoisotopic (exact) mass is 265 g/mol. The second-order valence-corrected chi connectivity index (χ2v) is 6.10. The highest BCUT2D eigenvalue weighted by atomic mass is 32.2. The van der Waals surface area contributed by atoms with Crippen molar-refractivity contribution in [1.82, 2.24) is 5.32 Å². The number of ether oxygens (including phenoxy) is 1. The minimum absolute atomic E-state index is 0.666. The van der Waals surface area contributed by atoms with E-state index in [1.807, 2.05) is 11.8 Å². The second kappa shape index (κ2) is 7.17. The molecule has 1 N–H and O–H groups in total. The average molecular weight is 265 g/mol. The average Bonchev–Trinajstić information content (AvgIpc) is 2.40. The van der Waals surface area contributed by atoms with E-state index in [-0.39, 0.29) is 0 Å². The molecule has 1 aliphatic heterocycles. The lowest BCUT2D eigenvalue weighted by Crippen LogP contribution is -2.35. The third kappa shape index (κ3) is 4.30. The van der Waals surface area contributed by atoms with Crippen LogP contribution < -0.4 is 5.32 Å². The minimum Gasteiger partial charge on any atom is -0.381 e. The molecule has 2 rings (SSSR count). The maximum absolute atomic E-state index is 5.35. The Kier molecular flexibility index (Phi) is 5.54. The minimum atomic E-state index is 0.666. The van der Waals surface area contributed by atoms with E-state index in [9.17, 15) is 0 Å². The van der Waals surface area contributed by atoms with Crippen LogP contribution in [0.15, 0.2) is 23.1 Å². The Morgan fingerprint density at radius 1 is 1.22 bits per heavy atom. The summed E-state index contributed by atoms with van der Waals surface area (Å²) < 4.78 is 5.35. The summed E-state index contributed by atoms with van der Waals surface area (Å²) in [7, 11) is 0. The van der Waals surface area contributed by atoms with Crippen molar-refractivity contribution in [2.45, 2.75) is 37.6 Å². The van der Waals surface area contributed by atoms with Crippen molar-refractivity contribution in [2.24, 2.45) is 0 Å². The summed E-state index contributed by atoms with van der Waals surface area (Å²) in [4.78, 5) is 1.38. The largest absolute Gasteiger partial charge is 0.381 e. The number of thioether (sulfide) groups is 1. The topological polar surface area (TPSA) is 21.3 Å². The Hall–Kier alpha value is -0.510. The molecular formula is C15H23NOS. The number of benzene rings is 1. The zero-order valence-electron chi connectivity index (χ0n) is 11.4. The summed E-state index contributed by atoms with van der Waals surface area (Å²) in [6, 6.07) is 7.39. The Bertz CT molecular complexity index is 375. The summed E-state index contributed by atoms with van der Waals surface area (Å²) in [5.74, 6) is 1.14. The van der Waals surface area contributed by atoms with Crippen molar-refractivity contribution in [1.29, 1.82) is 0 Å². The molecule has 2 nitrogen and oxygen atoms in total. The van der Waals surface area contributed by atoms with Gasteiger partial charge in [0.2, 0.25) is 0 Å². The van der Waals surface area contributed by atoms with Crippen LogP contribution in [0.1, 0.15) is 24.0 Å². The summed E-state index contributed by atoms with van der Waals surface area (Å²) in [5, 5.41) is 3.62. The van der Waals surface area contributed by atoms with Crippen LogP contribution in [0.5, 0.6) is 0 Å². The van der Waals surface area contributed by atoms with Gasteiger partial charge >= 0.3 is 0 Å². The molecule has 1 aromatic rings. The number of nitrogens with one attached hydrogen (secondary N) is 1. The van der Waals surface area contributed by atoms with Gasteiger partial charge in [0.05, 0.1) is 0 Å². The molecule has 0 aliphatic carbocycles. The van der Waals surface area contributed by atoms with Gasteiger partial charge in [-0.2, -0.15) is 0 Å². The molecule has 0 atom stereocenters. The van der Waals surface area contributed by atoms with Crippen LogP contribution in [-0.2, 0) is 4.74 Å². The predicted molar refractivity (Wildman–Crippen MR) is 78.5 cm³/mol. The van der Waals surface area contributed by atoms with Gasteiger partial charge in [-0.05, 0) is 49.9 Å². The Balaban J connectivity index is 1.66. The molecule has 0 unspecified atom stereocenters. The van der Waals surface area contributed by atoms with Crippen LogP contribution in [0.25, 0.3) is 0 Å². The van der Waals surface area contributed by atoms with E-state index in [4.69, 9.17) is 4.74 Å². The first-order valence-corrected chi connectivity index (χ1v) is 7.75. The van der Waals surface area contributed by atoms with E-state index in [0.29, 0.717) is 6.04 Å². The van der Waals surface area contributed by atoms with Gasteiger partial charge in [-0.25, -0.2) is 0 Å². The lowest BCUT2D eigenvalue weighted by molar-refractivity contribution is 0.0786. The lowest BCUT2D eigenvalue weighted by atomic mass is 10.1. The maximum atomic E-state index is 5.35. The van der Waals surface area contributed by atoms with Crippen molar-refractivity contribution in [3.63, 3.8) is 0 Å². The van der Waals surface area contributed by atoms with Gasteiger partial charge in [-0.3, -0.25) is 0 Å². The third-order valence-electron chi connectivity index (χ3n) is 3.50. The molecule has 0 spiro atoms. The standard InChI is InChI=1S/C15H23NOS/c1-12-3-4-15(11-13(12)2)18-10-7-16-14-5-8-17-9-6-14/h3-4,11,14,16H,5-10H2,1-2H3. The maximum Gasteiger partial charge on any atom is 0.0480 e. The van der Waals surface area contributed by atoms with Crippen LogP contribution in [-0.4, -0.2) is 31.6 Å². The molecule has 0 radical (unpaired) electrons. The molecule has 0 aromatic heterocycles. The summed E-state index contributed by atoms with van der Waals surface area (Å²) in [6.45, 7) is 7.27. The van der Waals surface area contributed by atoms with Gasteiger partial charge in [0.1, 0.15) is 0 Å². The fourth-order valence-corrected chi connectivity index (χ4v) is 3.02. The van der Waals surface area contributed by atoms with Crippen molar-refractivity contribution >= 4 is 11.8 Å². The highest BCUT2D eigenvalue weighted by Gasteiger charge is 2.12. The smallest absolute Gasteiger partial charge is 0.0480 e. The van der Waals surface area contributed by atoms with Crippen LogP contribution in [0.3, 0.4) is 0 Å². The molecular weight excluding hydrogens is 242 g/mol. The Labute approximate surface area is 114 Å². The van der Waals surface area contributed by atoms with Gasteiger partial charge in [0.25, 0.3) is 0 Å². The van der Waals surface area contributed by atoms with Crippen molar-refractivity contribution in [3.05, 3.63) is 29.3 Å². The molecule has 1 aromatic carbocycles. The second-order valence-electron chi connectivity index (χ2n) is 4.94. The highest BCUT2D eigenvalue weighted by molar-refractivity contribution is 7.99. The van der Waals surface area contributed by atoms with Gasteiger partial charge in [0.15, 0.2) is 0 Å². The molecule has 3 heteroatoms. The predicted octanol–water partition coefficient (Wildman–Crippen LogP) is 3.16. The zero-order valence-corrected chi connectivity index (χ0v) is 12.2. The highest BCUT2D eigenvalue weighted by Crippen LogP contribution is 2.20. The molecule has 1 fully saturated rings. The van der Waals surface area contributed by atoms with Crippen molar-refractivity contribution in [2.75, 3.05) is 25.5 Å². The van der Waals surface area contributed by atoms with E-state index in [1.54, 1.807) is 0 Å². The third-order valence-corrected chi connectivity index (χ3v) is 4.50. The van der Waals surface area contributed by atoms with E-state index >= 15 is 0 Å². The molecule has 0 saturated carbocycles. The molecule has 1 heterocycles. The molecule has 0 amide bonds. The number of aryl methyl sites for hydroxylation is 2. The summed E-state index contributed by atoms with van der Waals surface area (Å²) in [5.41, 5.74) is 2.76. The summed E-state index contributed by atoms with van der Waals surface area (Å²) >= 11 is 1.94. The van der Waals surface area contributed by atoms with Gasteiger partial charge in [-0.15, -0.1) is 11.8 Å². The van der Waals surface area contributed by atoms with E-state index in [2.05, 4.69) is 37.4 Å². The fourth-order valence-electron chi connectivity index (χ4n) is 2.14.